The number of amides is 1. The molecule has 9 nitrogen and oxygen atoms in total. The number of aliphatic hydroxyl groups is 2. The van der Waals surface area contributed by atoms with Crippen LogP contribution in [0.1, 0.15) is 77.5 Å². The summed E-state index contributed by atoms with van der Waals surface area (Å²) >= 11 is 0. The highest BCUT2D eigenvalue weighted by Gasteiger charge is 2.57. The van der Waals surface area contributed by atoms with Gasteiger partial charge in [-0.05, 0) is 86.6 Å². The molecule has 3 N–H and O–H groups in total. The number of aliphatic hydroxyl groups excluding tert-OH is 2. The summed E-state index contributed by atoms with van der Waals surface area (Å²) in [5.41, 5.74) is 3.63. The number of benzene rings is 2. The fourth-order valence-corrected chi connectivity index (χ4v) is 9.49. The molecule has 9 heteroatoms. The average Bonchev–Trinajstić information content (AvgIpc) is 3.46. The van der Waals surface area contributed by atoms with E-state index in [9.17, 15) is 15.0 Å². The molecular weight excluding hydrogens is 652 g/mol. The second-order valence-electron chi connectivity index (χ2n) is 17.2. The Kier molecular flexibility index (Phi) is 13.6. The molecule has 2 aromatic rings. The first-order valence-electron chi connectivity index (χ1n) is 19.5. The van der Waals surface area contributed by atoms with Crippen LogP contribution in [-0.2, 0) is 29.3 Å². The molecule has 52 heavy (non-hydrogen) atoms. The zero-order valence-corrected chi connectivity index (χ0v) is 33.0. The van der Waals surface area contributed by atoms with Gasteiger partial charge in [-0.15, -0.1) is 0 Å². The van der Waals surface area contributed by atoms with E-state index in [1.807, 2.05) is 12.1 Å². The molecule has 0 spiro atoms. The number of hydroxylamine groups is 2. The lowest BCUT2D eigenvalue weighted by Gasteiger charge is -2.62. The minimum absolute atomic E-state index is 0.0940. The molecule has 0 unspecified atom stereocenters. The molecule has 2 bridgehead atoms. The summed E-state index contributed by atoms with van der Waals surface area (Å²) in [6.07, 6.45) is 3.53. The van der Waals surface area contributed by atoms with E-state index in [1.165, 1.54) is 12.0 Å². The molecule has 0 aromatic heterocycles. The fourth-order valence-electron chi connectivity index (χ4n) is 9.49. The Labute approximate surface area is 313 Å². The van der Waals surface area contributed by atoms with Crippen molar-refractivity contribution in [2.75, 3.05) is 33.9 Å². The van der Waals surface area contributed by atoms with Gasteiger partial charge in [-0.1, -0.05) is 89.7 Å². The highest BCUT2D eigenvalue weighted by atomic mass is 16.7. The predicted molar refractivity (Wildman–Crippen MR) is 207 cm³/mol. The van der Waals surface area contributed by atoms with Crippen LogP contribution in [0.4, 0.5) is 0 Å². The average molecular weight is 719 g/mol. The van der Waals surface area contributed by atoms with Gasteiger partial charge < -0.3 is 25.2 Å². The Bertz CT molecular complexity index is 1470. The normalized spacial score (nSPS) is 28.1. The molecule has 0 radical (unpaired) electrons. The summed E-state index contributed by atoms with van der Waals surface area (Å²) in [7, 11) is 4.27. The summed E-state index contributed by atoms with van der Waals surface area (Å²) < 4.78 is 6.07. The lowest BCUT2D eigenvalue weighted by atomic mass is 9.45. The maximum Gasteiger partial charge on any atom is 0.240 e. The molecular formula is C43H66N4O5. The van der Waals surface area contributed by atoms with Gasteiger partial charge in [0.1, 0.15) is 24.5 Å². The van der Waals surface area contributed by atoms with Crippen molar-refractivity contribution in [3.63, 3.8) is 0 Å². The topological polar surface area (TPSA) is 97.7 Å². The molecule has 1 heterocycles. The van der Waals surface area contributed by atoms with Crippen molar-refractivity contribution in [2.24, 2.45) is 35.0 Å². The molecule has 4 aliphatic rings. The van der Waals surface area contributed by atoms with Crippen LogP contribution >= 0.6 is 0 Å². The van der Waals surface area contributed by atoms with Crippen molar-refractivity contribution in [1.82, 2.24) is 20.2 Å². The van der Waals surface area contributed by atoms with E-state index in [-0.39, 0.29) is 18.6 Å². The number of ether oxygens (including phenoxy) is 1. The van der Waals surface area contributed by atoms with Crippen molar-refractivity contribution in [1.29, 1.82) is 0 Å². The van der Waals surface area contributed by atoms with Gasteiger partial charge in [0, 0.05) is 43.2 Å². The zero-order chi connectivity index (χ0) is 37.7. The zero-order valence-electron chi connectivity index (χ0n) is 33.0. The summed E-state index contributed by atoms with van der Waals surface area (Å²) in [5, 5.41) is 26.3. The fraction of sp³-hybridized carbons (Fsp3) is 0.651. The second-order valence-corrected chi connectivity index (χ2v) is 17.2. The first-order chi connectivity index (χ1) is 24.7. The minimum atomic E-state index is -0.832. The van der Waals surface area contributed by atoms with E-state index in [0.717, 1.165) is 49.4 Å². The number of nitrogens with one attached hydrogen (secondary N) is 1. The van der Waals surface area contributed by atoms with Crippen molar-refractivity contribution >= 4 is 5.91 Å². The molecule has 9 atom stereocenters. The Morgan fingerprint density at radius 1 is 1.12 bits per heavy atom. The predicted octanol–water partition coefficient (Wildman–Crippen LogP) is 5.89. The van der Waals surface area contributed by atoms with Crippen molar-refractivity contribution in [2.45, 2.75) is 111 Å². The lowest BCUT2D eigenvalue weighted by Crippen LogP contribution is -2.62. The van der Waals surface area contributed by atoms with E-state index in [0.29, 0.717) is 48.3 Å². The molecule has 6 rings (SSSR count). The first kappa shape index (κ1) is 40.4. The van der Waals surface area contributed by atoms with Crippen LogP contribution in [0.25, 0.3) is 0 Å². The minimum Gasteiger partial charge on any atom is -0.489 e. The summed E-state index contributed by atoms with van der Waals surface area (Å²) in [4.78, 5) is 25.3. The quantitative estimate of drug-likeness (QED) is 0.164. The maximum absolute atomic E-state index is 14.2. The van der Waals surface area contributed by atoms with Crippen LogP contribution in [0, 0.1) is 35.0 Å². The van der Waals surface area contributed by atoms with Crippen molar-refractivity contribution < 1.29 is 24.6 Å². The van der Waals surface area contributed by atoms with Gasteiger partial charge in [-0.3, -0.25) is 14.5 Å². The van der Waals surface area contributed by atoms with E-state index in [1.54, 1.807) is 18.1 Å². The number of likely N-dealkylation sites (N-methyl/N-ethyl adjacent to an activating group) is 1. The highest BCUT2D eigenvalue weighted by molar-refractivity contribution is 5.82. The first-order valence-corrected chi connectivity index (χ1v) is 19.5. The number of nitrogens with zero attached hydrogens (tertiary/aromatic N) is 3. The maximum atomic E-state index is 14.2. The number of hydrogen-bond donors (Lipinski definition) is 3. The Morgan fingerprint density at radius 3 is 2.48 bits per heavy atom. The van der Waals surface area contributed by atoms with Gasteiger partial charge >= 0.3 is 0 Å². The SMILES string of the molecule is C=CCOc1ccccc1CN(Cc1cccc(CN2O[C@@H](CO)[C@@H]([C@H](C)O)[C@H]2C(=O)N[C@H]2C[C@H]3C[C@H]([C@H]2C)C3(C)C)c1)[C@@H](CC(C)C)CN(C)C. The van der Waals surface area contributed by atoms with E-state index >= 15 is 0 Å². The second kappa shape index (κ2) is 17.6. The Morgan fingerprint density at radius 2 is 1.85 bits per heavy atom. The molecule has 1 saturated heterocycles. The molecule has 288 valence electrons. The van der Waals surface area contributed by atoms with E-state index < -0.39 is 24.2 Å². The van der Waals surface area contributed by atoms with Crippen LogP contribution < -0.4 is 10.1 Å². The van der Waals surface area contributed by atoms with Crippen LogP contribution in [0.2, 0.25) is 0 Å². The van der Waals surface area contributed by atoms with Gasteiger partial charge in [0.05, 0.1) is 19.3 Å². The van der Waals surface area contributed by atoms with Crippen LogP contribution in [0.5, 0.6) is 5.75 Å². The number of rotatable bonds is 18. The largest absolute Gasteiger partial charge is 0.489 e. The number of fused-ring (bicyclic) bond motifs is 2. The molecule has 1 aliphatic heterocycles. The number of carbonyl (C=O) groups is 1. The van der Waals surface area contributed by atoms with E-state index in [4.69, 9.17) is 9.57 Å². The number of carbonyl (C=O) groups excluding carboxylic acids is 1. The lowest BCUT2D eigenvalue weighted by molar-refractivity contribution is -0.183. The molecule has 1 amide bonds. The molecule has 3 aliphatic carbocycles. The van der Waals surface area contributed by atoms with Crippen LogP contribution in [-0.4, -0.2) is 95.2 Å². The third-order valence-electron chi connectivity index (χ3n) is 12.3. The third kappa shape index (κ3) is 9.28. The van der Waals surface area contributed by atoms with Gasteiger partial charge in [-0.2, -0.15) is 5.06 Å². The smallest absolute Gasteiger partial charge is 0.240 e. The summed E-state index contributed by atoms with van der Waals surface area (Å²) in [5.74, 6) is 2.30. The molecule has 2 aromatic carbocycles. The summed E-state index contributed by atoms with van der Waals surface area (Å²) in [6.45, 7) is 20.0. The number of hydrogen-bond acceptors (Lipinski definition) is 8. The molecule has 3 saturated carbocycles. The Hall–Kier alpha value is -2.79. The molecule has 4 fully saturated rings. The van der Waals surface area contributed by atoms with Crippen molar-refractivity contribution in [3.05, 3.63) is 77.9 Å². The summed E-state index contributed by atoms with van der Waals surface area (Å²) in [6, 6.07) is 16.4. The Balaban J connectivity index is 1.38. The third-order valence-corrected chi connectivity index (χ3v) is 12.3. The standard InChI is InChI=1S/C43H66N4O5/c1-10-18-51-38-17-12-11-16-33(38)25-46(35(19-28(2)3)26-45(8)9)23-31-14-13-15-32(20-31)24-47-41(40(30(5)49)39(27-48)52-47)42(50)44-37-22-34-21-36(29(37)4)43(34,6)7/h10-17,20,28-30,34-37,39-41,48-49H,1,18-19,21-27H2,2-9H3,(H,44,50)/t29-,30+,34-,35+,36-,37+,39+,40-,41+/m1/s1. The van der Waals surface area contributed by atoms with Gasteiger partial charge in [0.15, 0.2) is 0 Å². The van der Waals surface area contributed by atoms with Gasteiger partial charge in [0.2, 0.25) is 5.91 Å². The van der Waals surface area contributed by atoms with Gasteiger partial charge in [-0.25, -0.2) is 0 Å². The number of para-hydroxylation sites is 1. The van der Waals surface area contributed by atoms with Crippen LogP contribution in [0.15, 0.2) is 61.2 Å². The monoisotopic (exact) mass is 719 g/mol. The van der Waals surface area contributed by atoms with Gasteiger partial charge in [0.25, 0.3) is 0 Å². The van der Waals surface area contributed by atoms with Crippen LogP contribution in [0.3, 0.4) is 0 Å². The van der Waals surface area contributed by atoms with Crippen molar-refractivity contribution in [3.8, 4) is 5.75 Å². The van der Waals surface area contributed by atoms with E-state index in [2.05, 4.69) is 107 Å². The highest BCUT2D eigenvalue weighted by Crippen LogP contribution is 2.61.